The molecule has 320 valence electrons. The van der Waals surface area contributed by atoms with Crippen LogP contribution in [-0.2, 0) is 17.9 Å². The number of aromatic nitrogens is 2. The molecule has 0 bridgehead atoms. The first-order valence-electron chi connectivity index (χ1n) is 19.7. The van der Waals surface area contributed by atoms with Crippen LogP contribution in [0.2, 0.25) is 0 Å². The maximum atomic E-state index is 15.0. The third-order valence-corrected chi connectivity index (χ3v) is 10.2. The van der Waals surface area contributed by atoms with Crippen LogP contribution in [0.25, 0.3) is 0 Å². The number of anilines is 4. The van der Waals surface area contributed by atoms with Gasteiger partial charge in [0.05, 0.1) is 35.1 Å². The molecule has 7 amide bonds. The molecule has 2 aromatic heterocycles. The highest BCUT2D eigenvalue weighted by Crippen LogP contribution is 2.23. The number of urea groups is 3. The Hall–Kier alpha value is -6.24. The Morgan fingerprint density at radius 3 is 1.62 bits per heavy atom. The zero-order chi connectivity index (χ0) is 43.3. The highest BCUT2D eigenvalue weighted by atomic mass is 19.1. The molecule has 0 radical (unpaired) electrons. The second kappa shape index (κ2) is 21.1. The molecule has 2 aliphatic heterocycles. The molecular formula is C42H54F2N12O4. The first-order chi connectivity index (χ1) is 28.7. The number of benzene rings is 2. The average molecular weight is 829 g/mol. The van der Waals surface area contributed by atoms with Crippen molar-refractivity contribution < 1.29 is 28.0 Å². The summed E-state index contributed by atoms with van der Waals surface area (Å²) in [4.78, 5) is 61.6. The molecule has 2 atom stereocenters. The van der Waals surface area contributed by atoms with E-state index in [-0.39, 0.29) is 29.5 Å². The zero-order valence-corrected chi connectivity index (χ0v) is 34.8. The van der Waals surface area contributed by atoms with Gasteiger partial charge >= 0.3 is 18.1 Å². The first-order valence-corrected chi connectivity index (χ1v) is 19.7. The van der Waals surface area contributed by atoms with Crippen molar-refractivity contribution in [1.29, 1.82) is 0 Å². The number of pyridine rings is 2. The van der Waals surface area contributed by atoms with E-state index >= 15 is 0 Å². The number of amides is 7. The number of halogens is 2. The monoisotopic (exact) mass is 828 g/mol. The smallest absolute Gasteiger partial charge is 0.323 e. The molecule has 0 saturated carbocycles. The summed E-state index contributed by atoms with van der Waals surface area (Å²) in [7, 11) is 3.34. The SMILES string of the molecule is CNC(=O)N1CCN(Cc2cccc(NC(=O)Nc3ccc(C)nc3)c2F)C[C@@H]1C.Cc1ccc(NC(=O)Nc2cccc(CN3CCN(N(C)C=O)[C@H](C)C3)c2F)cn1. The lowest BCUT2D eigenvalue weighted by atomic mass is 10.1. The van der Waals surface area contributed by atoms with Gasteiger partial charge in [-0.1, -0.05) is 24.3 Å². The summed E-state index contributed by atoms with van der Waals surface area (Å²) >= 11 is 0. The molecule has 2 aliphatic rings. The van der Waals surface area contributed by atoms with E-state index in [1.165, 1.54) is 12.1 Å². The molecule has 60 heavy (non-hydrogen) atoms. The maximum absolute atomic E-state index is 15.0. The van der Waals surface area contributed by atoms with Gasteiger partial charge in [0.2, 0.25) is 6.41 Å². The van der Waals surface area contributed by atoms with Crippen molar-refractivity contribution in [3.8, 4) is 0 Å². The summed E-state index contributed by atoms with van der Waals surface area (Å²) in [5.74, 6) is -0.911. The molecule has 6 rings (SSSR count). The number of carbonyl (C=O) groups is 4. The summed E-state index contributed by atoms with van der Waals surface area (Å²) < 4.78 is 30.0. The second-order valence-electron chi connectivity index (χ2n) is 14.9. The molecule has 18 heteroatoms. The Kier molecular flexibility index (Phi) is 15.8. The van der Waals surface area contributed by atoms with Crippen LogP contribution in [-0.4, -0.2) is 125 Å². The van der Waals surface area contributed by atoms with Crippen LogP contribution in [0.1, 0.15) is 36.4 Å². The lowest BCUT2D eigenvalue weighted by Crippen LogP contribution is -2.56. The van der Waals surface area contributed by atoms with Gasteiger partial charge in [-0.25, -0.2) is 28.2 Å². The van der Waals surface area contributed by atoms with E-state index in [4.69, 9.17) is 0 Å². The van der Waals surface area contributed by atoms with Crippen LogP contribution >= 0.6 is 0 Å². The number of nitrogens with one attached hydrogen (secondary N) is 5. The number of hydrogen-bond acceptors (Lipinski definition) is 9. The van der Waals surface area contributed by atoms with Gasteiger partial charge in [-0.05, 0) is 64.1 Å². The van der Waals surface area contributed by atoms with Gasteiger partial charge < -0.3 is 31.5 Å². The van der Waals surface area contributed by atoms with Crippen molar-refractivity contribution >= 4 is 47.3 Å². The minimum Gasteiger partial charge on any atom is -0.341 e. The van der Waals surface area contributed by atoms with Gasteiger partial charge in [0.25, 0.3) is 0 Å². The van der Waals surface area contributed by atoms with Crippen molar-refractivity contribution in [2.75, 3.05) is 74.6 Å². The lowest BCUT2D eigenvalue weighted by Gasteiger charge is -2.42. The Labute approximate surface area is 349 Å². The predicted molar refractivity (Wildman–Crippen MR) is 227 cm³/mol. The molecule has 2 aromatic carbocycles. The minimum absolute atomic E-state index is 0.0250. The van der Waals surface area contributed by atoms with E-state index in [1.54, 1.807) is 84.9 Å². The summed E-state index contributed by atoms with van der Waals surface area (Å²) in [5.41, 5.74) is 3.97. The zero-order valence-electron chi connectivity index (χ0n) is 34.8. The van der Waals surface area contributed by atoms with Crippen molar-refractivity contribution in [3.63, 3.8) is 0 Å². The fourth-order valence-electron chi connectivity index (χ4n) is 7.05. The number of hydrazine groups is 1. The van der Waals surface area contributed by atoms with Gasteiger partial charge in [-0.15, -0.1) is 0 Å². The van der Waals surface area contributed by atoms with Gasteiger partial charge in [0.15, 0.2) is 11.6 Å². The van der Waals surface area contributed by atoms with Crippen LogP contribution in [0.5, 0.6) is 0 Å². The number of aryl methyl sites for hydroxylation is 2. The molecule has 0 unspecified atom stereocenters. The van der Waals surface area contributed by atoms with Crippen molar-refractivity contribution in [1.82, 2.24) is 40.0 Å². The second-order valence-corrected chi connectivity index (χ2v) is 14.9. The third-order valence-electron chi connectivity index (χ3n) is 10.2. The normalized spacial score (nSPS) is 17.1. The fourth-order valence-corrected chi connectivity index (χ4v) is 7.05. The molecule has 2 saturated heterocycles. The molecule has 5 N–H and O–H groups in total. The van der Waals surface area contributed by atoms with Crippen LogP contribution in [0.15, 0.2) is 73.1 Å². The van der Waals surface area contributed by atoms with Crippen LogP contribution in [0, 0.1) is 25.5 Å². The summed E-state index contributed by atoms with van der Waals surface area (Å²) in [6.07, 6.45) is 3.88. The van der Waals surface area contributed by atoms with E-state index in [0.29, 0.717) is 74.9 Å². The predicted octanol–water partition coefficient (Wildman–Crippen LogP) is 5.70. The van der Waals surface area contributed by atoms with Gasteiger partial charge in [-0.2, -0.15) is 0 Å². The quantitative estimate of drug-likeness (QED) is 0.126. The molecule has 2 fully saturated rings. The highest BCUT2D eigenvalue weighted by Gasteiger charge is 2.28. The molecule has 4 heterocycles. The van der Waals surface area contributed by atoms with Gasteiger partial charge in [-0.3, -0.25) is 29.6 Å². The molecular weight excluding hydrogens is 775 g/mol. The highest BCUT2D eigenvalue weighted by molar-refractivity contribution is 6.00. The van der Waals surface area contributed by atoms with Crippen molar-refractivity contribution in [2.45, 2.75) is 52.9 Å². The number of piperazine rings is 2. The van der Waals surface area contributed by atoms with Crippen LogP contribution in [0.4, 0.5) is 45.9 Å². The number of hydrogen-bond donors (Lipinski definition) is 5. The van der Waals surface area contributed by atoms with E-state index in [2.05, 4.69) is 46.4 Å². The van der Waals surface area contributed by atoms with Crippen molar-refractivity contribution in [2.24, 2.45) is 0 Å². The molecule has 4 aromatic rings. The Balaban J connectivity index is 0.000000228. The number of carbonyl (C=O) groups excluding carboxylic acids is 4. The molecule has 0 spiro atoms. The molecule has 0 aliphatic carbocycles. The maximum Gasteiger partial charge on any atom is 0.323 e. The Bertz CT molecular complexity index is 2090. The van der Waals surface area contributed by atoms with E-state index < -0.39 is 23.7 Å². The van der Waals surface area contributed by atoms with E-state index in [0.717, 1.165) is 17.8 Å². The lowest BCUT2D eigenvalue weighted by molar-refractivity contribution is -0.139. The average Bonchev–Trinajstić information content (AvgIpc) is 3.22. The topological polar surface area (TPSA) is 170 Å². The number of rotatable bonds is 10. The van der Waals surface area contributed by atoms with E-state index in [9.17, 15) is 28.0 Å². The third kappa shape index (κ3) is 12.4. The first kappa shape index (κ1) is 44.9. The van der Waals surface area contributed by atoms with Crippen LogP contribution < -0.4 is 26.6 Å². The summed E-state index contributed by atoms with van der Waals surface area (Å²) in [6.45, 7) is 12.5. The minimum atomic E-state index is -0.537. The largest absolute Gasteiger partial charge is 0.341 e. The van der Waals surface area contributed by atoms with E-state index in [1.807, 2.05) is 32.7 Å². The fraction of sp³-hybridized carbons (Fsp3) is 0.381. The summed E-state index contributed by atoms with van der Waals surface area (Å²) in [5, 5.41) is 16.6. The summed E-state index contributed by atoms with van der Waals surface area (Å²) in [6, 6.07) is 15.9. The van der Waals surface area contributed by atoms with Gasteiger partial charge in [0.1, 0.15) is 0 Å². The Morgan fingerprint density at radius 2 is 1.20 bits per heavy atom. The van der Waals surface area contributed by atoms with Gasteiger partial charge in [0, 0.05) is 101 Å². The molecule has 16 nitrogen and oxygen atoms in total. The number of nitrogens with zero attached hydrogens (tertiary/aromatic N) is 7. The van der Waals surface area contributed by atoms with Crippen LogP contribution in [0.3, 0.4) is 0 Å². The van der Waals surface area contributed by atoms with Crippen molar-refractivity contribution in [3.05, 3.63) is 107 Å². The standard InChI is InChI=1S/2C21H27FN6O2/c1-15-7-8-18(11-23-15)24-21(30)25-19-6-4-5-17(20(19)22)13-27-9-10-28(16(2)12-27)26(3)14-29;1-14-7-8-17(11-24-14)25-20(29)26-18-6-4-5-16(19(18)22)13-27-9-10-28(15(2)12-27)21(30)23-3/h4-8,11,14,16H,9-10,12-13H2,1-3H3,(H2,24,25,30);4-8,11,15H,9-10,12-13H2,1-3H3,(H,23,30)(H2,25,26,29)/t16-;15-/m10/s1. The Morgan fingerprint density at radius 1 is 0.717 bits per heavy atom.